The van der Waals surface area contributed by atoms with E-state index in [4.69, 9.17) is 0 Å². The maximum atomic E-state index is 13.1. The van der Waals surface area contributed by atoms with Crippen molar-refractivity contribution in [3.8, 4) is 0 Å². The second-order valence-corrected chi connectivity index (χ2v) is 4.07. The van der Waals surface area contributed by atoms with Crippen LogP contribution in [0.1, 0.15) is 21.6 Å². The van der Waals surface area contributed by atoms with E-state index in [0.29, 0.717) is 5.56 Å². The van der Waals surface area contributed by atoms with Crippen molar-refractivity contribution in [3.05, 3.63) is 63.3 Å². The monoisotopic (exact) mass is 261 g/mol. The molecule has 1 amide bonds. The number of carbonyl (C=O) groups is 1. The van der Waals surface area contributed by atoms with Crippen LogP contribution in [0.2, 0.25) is 0 Å². The molecule has 6 heteroatoms. The van der Waals surface area contributed by atoms with Gasteiger partial charge in [0.2, 0.25) is 0 Å². The molecule has 2 aromatic rings. The highest BCUT2D eigenvalue weighted by atomic mass is 19.1. The Morgan fingerprint density at radius 1 is 1.37 bits per heavy atom. The van der Waals surface area contributed by atoms with E-state index in [1.165, 1.54) is 18.2 Å². The first kappa shape index (κ1) is 12.9. The summed E-state index contributed by atoms with van der Waals surface area (Å²) in [5.74, 6) is -0.685. The van der Waals surface area contributed by atoms with Crippen molar-refractivity contribution in [1.82, 2.24) is 15.5 Å². The molecule has 1 aromatic carbocycles. The van der Waals surface area contributed by atoms with Crippen LogP contribution in [0.5, 0.6) is 0 Å². The summed E-state index contributed by atoms with van der Waals surface area (Å²) in [6.45, 7) is 1.92. The predicted molar refractivity (Wildman–Crippen MR) is 67.2 cm³/mol. The van der Waals surface area contributed by atoms with Gasteiger partial charge in [0.25, 0.3) is 11.5 Å². The van der Waals surface area contributed by atoms with Gasteiger partial charge in [0.1, 0.15) is 11.5 Å². The van der Waals surface area contributed by atoms with Crippen molar-refractivity contribution in [2.75, 3.05) is 0 Å². The number of rotatable bonds is 3. The average molecular weight is 261 g/mol. The number of halogens is 1. The first-order chi connectivity index (χ1) is 9.06. The maximum Gasteiger partial charge on any atom is 0.271 e. The van der Waals surface area contributed by atoms with Gasteiger partial charge in [-0.05, 0) is 30.2 Å². The molecule has 0 atom stereocenters. The number of nitrogens with one attached hydrogen (secondary N) is 2. The van der Waals surface area contributed by atoms with E-state index >= 15 is 0 Å². The molecule has 0 bridgehead atoms. The normalized spacial score (nSPS) is 10.2. The van der Waals surface area contributed by atoms with Crippen LogP contribution in [0.25, 0.3) is 0 Å². The van der Waals surface area contributed by atoms with Crippen molar-refractivity contribution >= 4 is 5.91 Å². The Kier molecular flexibility index (Phi) is 3.70. The predicted octanol–water partition coefficient (Wildman–Crippen LogP) is 1.15. The molecule has 0 saturated heterocycles. The molecule has 0 saturated carbocycles. The second kappa shape index (κ2) is 5.43. The first-order valence-electron chi connectivity index (χ1n) is 5.65. The molecule has 19 heavy (non-hydrogen) atoms. The average Bonchev–Trinajstić information content (AvgIpc) is 2.40. The Balaban J connectivity index is 2.02. The van der Waals surface area contributed by atoms with Crippen molar-refractivity contribution in [2.24, 2.45) is 0 Å². The van der Waals surface area contributed by atoms with Gasteiger partial charge in [0.15, 0.2) is 0 Å². The Morgan fingerprint density at radius 2 is 2.16 bits per heavy atom. The SMILES string of the molecule is Cc1cc(CNC(=O)c2ccc(=O)[nH]n2)ccc1F. The highest BCUT2D eigenvalue weighted by molar-refractivity contribution is 5.91. The van der Waals surface area contributed by atoms with Crippen molar-refractivity contribution in [3.63, 3.8) is 0 Å². The van der Waals surface area contributed by atoms with Crippen LogP contribution >= 0.6 is 0 Å². The van der Waals surface area contributed by atoms with Crippen LogP contribution in [0.15, 0.2) is 35.1 Å². The molecule has 0 aliphatic heterocycles. The fraction of sp³-hybridized carbons (Fsp3) is 0.154. The van der Waals surface area contributed by atoms with Crippen molar-refractivity contribution in [1.29, 1.82) is 0 Å². The van der Waals surface area contributed by atoms with Gasteiger partial charge in [-0.2, -0.15) is 5.10 Å². The minimum absolute atomic E-state index is 0.124. The molecule has 2 rings (SSSR count). The lowest BCUT2D eigenvalue weighted by molar-refractivity contribution is 0.0945. The highest BCUT2D eigenvalue weighted by Gasteiger charge is 2.07. The summed E-state index contributed by atoms with van der Waals surface area (Å²) >= 11 is 0. The molecular weight excluding hydrogens is 249 g/mol. The van der Waals surface area contributed by atoms with Gasteiger partial charge >= 0.3 is 0 Å². The molecular formula is C13H12FN3O2. The zero-order valence-electron chi connectivity index (χ0n) is 10.2. The van der Waals surface area contributed by atoms with Gasteiger partial charge < -0.3 is 5.32 Å². The number of amides is 1. The van der Waals surface area contributed by atoms with Crippen LogP contribution in [0.3, 0.4) is 0 Å². The summed E-state index contributed by atoms with van der Waals surface area (Å²) < 4.78 is 13.1. The van der Waals surface area contributed by atoms with E-state index in [2.05, 4.69) is 15.5 Å². The van der Waals surface area contributed by atoms with Gasteiger partial charge in [-0.3, -0.25) is 9.59 Å². The van der Waals surface area contributed by atoms with Crippen LogP contribution in [-0.2, 0) is 6.54 Å². The quantitative estimate of drug-likeness (QED) is 0.870. The third-order valence-corrected chi connectivity index (χ3v) is 2.59. The number of carbonyl (C=O) groups excluding carboxylic acids is 1. The topological polar surface area (TPSA) is 74.8 Å². The van der Waals surface area contributed by atoms with Gasteiger partial charge in [-0.15, -0.1) is 0 Å². The molecule has 5 nitrogen and oxygen atoms in total. The largest absolute Gasteiger partial charge is 0.347 e. The number of hydrogen-bond acceptors (Lipinski definition) is 3. The second-order valence-electron chi connectivity index (χ2n) is 4.07. The zero-order chi connectivity index (χ0) is 13.8. The molecule has 0 aliphatic carbocycles. The number of H-pyrrole nitrogens is 1. The van der Waals surface area contributed by atoms with Crippen LogP contribution in [0, 0.1) is 12.7 Å². The Hall–Kier alpha value is -2.50. The number of aromatic amines is 1. The molecule has 0 unspecified atom stereocenters. The van der Waals surface area contributed by atoms with E-state index in [1.807, 2.05) is 0 Å². The maximum absolute atomic E-state index is 13.1. The van der Waals surface area contributed by atoms with Crippen molar-refractivity contribution in [2.45, 2.75) is 13.5 Å². The van der Waals surface area contributed by atoms with Crippen LogP contribution < -0.4 is 10.9 Å². The molecule has 0 spiro atoms. The van der Waals surface area contributed by atoms with Crippen LogP contribution in [-0.4, -0.2) is 16.1 Å². The molecule has 1 aromatic heterocycles. The van der Waals surface area contributed by atoms with E-state index in [0.717, 1.165) is 5.56 Å². The summed E-state index contributed by atoms with van der Waals surface area (Å²) in [5.41, 5.74) is 1.06. The van der Waals surface area contributed by atoms with Crippen molar-refractivity contribution < 1.29 is 9.18 Å². The van der Waals surface area contributed by atoms with Gasteiger partial charge in [-0.1, -0.05) is 12.1 Å². The Morgan fingerprint density at radius 3 is 2.79 bits per heavy atom. The molecule has 98 valence electrons. The van der Waals surface area contributed by atoms with E-state index in [-0.39, 0.29) is 23.6 Å². The summed E-state index contributed by atoms with van der Waals surface area (Å²) in [6.07, 6.45) is 0. The zero-order valence-corrected chi connectivity index (χ0v) is 10.2. The summed E-state index contributed by atoms with van der Waals surface area (Å²) in [6, 6.07) is 7.18. The number of aryl methyl sites for hydroxylation is 1. The first-order valence-corrected chi connectivity index (χ1v) is 5.65. The molecule has 0 aliphatic rings. The van der Waals surface area contributed by atoms with E-state index in [9.17, 15) is 14.0 Å². The number of hydrogen-bond donors (Lipinski definition) is 2. The lowest BCUT2D eigenvalue weighted by Gasteiger charge is -2.05. The van der Waals surface area contributed by atoms with Gasteiger partial charge in [0.05, 0.1) is 0 Å². The smallest absolute Gasteiger partial charge is 0.271 e. The minimum Gasteiger partial charge on any atom is -0.347 e. The van der Waals surface area contributed by atoms with E-state index < -0.39 is 5.91 Å². The lowest BCUT2D eigenvalue weighted by atomic mass is 10.1. The Labute approximate surface area is 108 Å². The molecule has 2 N–H and O–H groups in total. The van der Waals surface area contributed by atoms with Gasteiger partial charge in [-0.25, -0.2) is 9.49 Å². The molecule has 1 heterocycles. The standard InChI is InChI=1S/C13H12FN3O2/c1-8-6-9(2-3-10(8)14)7-15-13(19)11-4-5-12(18)17-16-11/h2-6H,7H2,1H3,(H,15,19)(H,17,18). The number of nitrogens with zero attached hydrogens (tertiary/aromatic N) is 1. The number of aromatic nitrogens is 2. The van der Waals surface area contributed by atoms with Gasteiger partial charge in [0, 0.05) is 12.6 Å². The summed E-state index contributed by atoms with van der Waals surface area (Å²) in [5, 5.41) is 8.43. The summed E-state index contributed by atoms with van der Waals surface area (Å²) in [7, 11) is 0. The highest BCUT2D eigenvalue weighted by Crippen LogP contribution is 2.09. The lowest BCUT2D eigenvalue weighted by Crippen LogP contribution is -2.25. The summed E-state index contributed by atoms with van der Waals surface area (Å²) in [4.78, 5) is 22.5. The third-order valence-electron chi connectivity index (χ3n) is 2.59. The fourth-order valence-electron chi connectivity index (χ4n) is 1.56. The van der Waals surface area contributed by atoms with E-state index in [1.54, 1.807) is 19.1 Å². The van der Waals surface area contributed by atoms with Crippen LogP contribution in [0.4, 0.5) is 4.39 Å². The Bertz CT molecular complexity index is 647. The third kappa shape index (κ3) is 3.25. The number of benzene rings is 1. The molecule has 0 radical (unpaired) electrons. The molecule has 0 fully saturated rings. The fourth-order valence-corrected chi connectivity index (χ4v) is 1.56. The minimum atomic E-state index is -0.404.